The standard InChI is InChI=1S/C23H28N4O/c1-17-4-5-20(23(12-17)28-3)16-27-10-8-18(9-11-27)22-7-6-19(13-24-22)21-14-25-26(2)15-21/h4-7,12-15,18H,8-11,16H2,1-3H3. The van der Waals surface area contributed by atoms with E-state index < -0.39 is 0 Å². The van der Waals surface area contributed by atoms with Gasteiger partial charge in [0.1, 0.15) is 5.75 Å². The lowest BCUT2D eigenvalue weighted by molar-refractivity contribution is 0.201. The van der Waals surface area contributed by atoms with Crippen molar-refractivity contribution in [1.29, 1.82) is 0 Å². The second-order valence-electron chi connectivity index (χ2n) is 7.74. The van der Waals surface area contributed by atoms with Crippen molar-refractivity contribution >= 4 is 0 Å². The lowest BCUT2D eigenvalue weighted by Crippen LogP contribution is -2.32. The van der Waals surface area contributed by atoms with Crippen LogP contribution in [0.2, 0.25) is 0 Å². The van der Waals surface area contributed by atoms with Crippen molar-refractivity contribution in [2.24, 2.45) is 7.05 Å². The molecule has 5 nitrogen and oxygen atoms in total. The fourth-order valence-corrected chi connectivity index (χ4v) is 4.00. The molecule has 3 heterocycles. The van der Waals surface area contributed by atoms with E-state index in [0.717, 1.165) is 49.4 Å². The van der Waals surface area contributed by atoms with Gasteiger partial charge in [-0.2, -0.15) is 5.10 Å². The van der Waals surface area contributed by atoms with Crippen LogP contribution < -0.4 is 4.74 Å². The summed E-state index contributed by atoms with van der Waals surface area (Å²) < 4.78 is 7.39. The van der Waals surface area contributed by atoms with Crippen molar-refractivity contribution in [2.45, 2.75) is 32.2 Å². The number of hydrogen-bond acceptors (Lipinski definition) is 4. The van der Waals surface area contributed by atoms with Crippen molar-refractivity contribution in [3.63, 3.8) is 0 Å². The molecule has 2 aromatic heterocycles. The van der Waals surface area contributed by atoms with E-state index in [4.69, 9.17) is 9.72 Å². The fourth-order valence-electron chi connectivity index (χ4n) is 4.00. The van der Waals surface area contributed by atoms with Crippen LogP contribution in [0.1, 0.15) is 35.6 Å². The summed E-state index contributed by atoms with van der Waals surface area (Å²) in [4.78, 5) is 7.28. The van der Waals surface area contributed by atoms with E-state index >= 15 is 0 Å². The van der Waals surface area contributed by atoms with Crippen LogP contribution in [0.5, 0.6) is 5.75 Å². The molecular weight excluding hydrogens is 348 g/mol. The maximum absolute atomic E-state index is 5.56. The summed E-state index contributed by atoms with van der Waals surface area (Å²) in [6.45, 7) is 5.23. The number of piperidine rings is 1. The molecule has 0 radical (unpaired) electrons. The zero-order valence-corrected chi connectivity index (χ0v) is 16.9. The van der Waals surface area contributed by atoms with Crippen LogP contribution in [0.3, 0.4) is 0 Å². The van der Waals surface area contributed by atoms with Crippen molar-refractivity contribution in [3.8, 4) is 16.9 Å². The van der Waals surface area contributed by atoms with Crippen LogP contribution in [-0.4, -0.2) is 39.9 Å². The summed E-state index contributed by atoms with van der Waals surface area (Å²) in [5, 5.41) is 4.24. The lowest BCUT2D eigenvalue weighted by atomic mass is 9.92. The predicted molar refractivity (Wildman–Crippen MR) is 111 cm³/mol. The van der Waals surface area contributed by atoms with Gasteiger partial charge >= 0.3 is 0 Å². The van der Waals surface area contributed by atoms with Crippen molar-refractivity contribution in [2.75, 3.05) is 20.2 Å². The molecule has 3 aromatic rings. The van der Waals surface area contributed by atoms with Gasteiger partial charge < -0.3 is 4.74 Å². The highest BCUT2D eigenvalue weighted by atomic mass is 16.5. The average molecular weight is 377 g/mol. The third-order valence-corrected chi connectivity index (χ3v) is 5.67. The van der Waals surface area contributed by atoms with Gasteiger partial charge in [-0.05, 0) is 50.6 Å². The summed E-state index contributed by atoms with van der Waals surface area (Å²) in [6, 6.07) is 10.8. The molecule has 0 atom stereocenters. The first-order valence-electron chi connectivity index (χ1n) is 9.93. The molecule has 0 unspecified atom stereocenters. The number of pyridine rings is 1. The number of rotatable bonds is 5. The summed E-state index contributed by atoms with van der Waals surface area (Å²) in [5.41, 5.74) is 5.95. The van der Waals surface area contributed by atoms with Gasteiger partial charge in [0.15, 0.2) is 0 Å². The van der Waals surface area contributed by atoms with Crippen molar-refractivity contribution in [1.82, 2.24) is 19.7 Å². The molecule has 1 aliphatic rings. The minimum atomic E-state index is 0.541. The van der Waals surface area contributed by atoms with Crippen LogP contribution >= 0.6 is 0 Å². The first-order chi connectivity index (χ1) is 13.6. The Kier molecular flexibility index (Phi) is 5.44. The number of hydrogen-bond donors (Lipinski definition) is 0. The quantitative estimate of drug-likeness (QED) is 0.670. The molecule has 1 saturated heterocycles. The summed E-state index contributed by atoms with van der Waals surface area (Å²) in [6.07, 6.45) is 8.18. The van der Waals surface area contributed by atoms with Gasteiger partial charge in [-0.3, -0.25) is 14.6 Å². The normalized spacial score (nSPS) is 15.7. The van der Waals surface area contributed by atoms with Crippen LogP contribution in [0.4, 0.5) is 0 Å². The van der Waals surface area contributed by atoms with Crippen LogP contribution in [0, 0.1) is 6.92 Å². The number of benzene rings is 1. The molecule has 28 heavy (non-hydrogen) atoms. The highest BCUT2D eigenvalue weighted by molar-refractivity contribution is 5.60. The van der Waals surface area contributed by atoms with Gasteiger partial charge in [0.25, 0.3) is 0 Å². The maximum Gasteiger partial charge on any atom is 0.123 e. The molecule has 0 saturated carbocycles. The summed E-state index contributed by atoms with van der Waals surface area (Å²) >= 11 is 0. The SMILES string of the molecule is COc1cc(C)ccc1CN1CCC(c2ccc(-c3cnn(C)c3)cn2)CC1. The molecule has 1 fully saturated rings. The predicted octanol–water partition coefficient (Wildman–Crippen LogP) is 4.18. The Bertz CT molecular complexity index is 924. The van der Waals surface area contributed by atoms with E-state index in [9.17, 15) is 0 Å². The Morgan fingerprint density at radius 3 is 2.54 bits per heavy atom. The molecule has 5 heteroatoms. The summed E-state index contributed by atoms with van der Waals surface area (Å²) in [7, 11) is 3.69. The number of likely N-dealkylation sites (tertiary alicyclic amines) is 1. The van der Waals surface area contributed by atoms with Crippen LogP contribution in [0.15, 0.2) is 48.9 Å². The zero-order valence-electron chi connectivity index (χ0n) is 16.9. The molecule has 0 bridgehead atoms. The fraction of sp³-hybridized carbons (Fsp3) is 0.391. The topological polar surface area (TPSA) is 43.2 Å². The Hall–Kier alpha value is -2.66. The number of methoxy groups -OCH3 is 1. The maximum atomic E-state index is 5.56. The largest absolute Gasteiger partial charge is 0.496 e. The second-order valence-corrected chi connectivity index (χ2v) is 7.74. The number of ether oxygens (including phenoxy) is 1. The summed E-state index contributed by atoms with van der Waals surface area (Å²) in [5.74, 6) is 1.54. The van der Waals surface area contributed by atoms with E-state index in [0.29, 0.717) is 5.92 Å². The Labute approximate surface area is 167 Å². The molecule has 1 aromatic carbocycles. The van der Waals surface area contributed by atoms with E-state index in [1.807, 2.05) is 30.3 Å². The van der Waals surface area contributed by atoms with Gasteiger partial charge in [0, 0.05) is 54.3 Å². The molecule has 146 valence electrons. The van der Waals surface area contributed by atoms with Gasteiger partial charge in [0.2, 0.25) is 0 Å². The Morgan fingerprint density at radius 2 is 1.89 bits per heavy atom. The van der Waals surface area contributed by atoms with E-state index in [-0.39, 0.29) is 0 Å². The molecule has 0 N–H and O–H groups in total. The molecule has 1 aliphatic heterocycles. The number of nitrogens with zero attached hydrogens (tertiary/aromatic N) is 4. The minimum Gasteiger partial charge on any atom is -0.496 e. The van der Waals surface area contributed by atoms with Crippen molar-refractivity contribution in [3.05, 3.63) is 65.7 Å². The van der Waals surface area contributed by atoms with Gasteiger partial charge in [0.05, 0.1) is 13.3 Å². The highest BCUT2D eigenvalue weighted by Crippen LogP contribution is 2.30. The molecular formula is C23H28N4O. The first-order valence-corrected chi connectivity index (χ1v) is 9.93. The first kappa shape index (κ1) is 18.7. The van der Waals surface area contributed by atoms with Gasteiger partial charge in [-0.25, -0.2) is 0 Å². The Morgan fingerprint density at radius 1 is 1.07 bits per heavy atom. The molecule has 0 spiro atoms. The molecule has 0 aliphatic carbocycles. The Balaban J connectivity index is 1.36. The van der Waals surface area contributed by atoms with Gasteiger partial charge in [-0.1, -0.05) is 18.2 Å². The third kappa shape index (κ3) is 4.09. The minimum absolute atomic E-state index is 0.541. The average Bonchev–Trinajstić information content (AvgIpc) is 3.16. The monoisotopic (exact) mass is 376 g/mol. The molecule has 0 amide bonds. The number of aromatic nitrogens is 3. The third-order valence-electron chi connectivity index (χ3n) is 5.67. The zero-order chi connectivity index (χ0) is 19.5. The van der Waals surface area contributed by atoms with Crippen LogP contribution in [-0.2, 0) is 13.6 Å². The van der Waals surface area contributed by atoms with Gasteiger partial charge in [-0.15, -0.1) is 0 Å². The smallest absolute Gasteiger partial charge is 0.123 e. The second kappa shape index (κ2) is 8.15. The molecule has 4 rings (SSSR count). The van der Waals surface area contributed by atoms with Crippen LogP contribution in [0.25, 0.3) is 11.1 Å². The lowest BCUT2D eigenvalue weighted by Gasteiger charge is -2.32. The highest BCUT2D eigenvalue weighted by Gasteiger charge is 2.22. The van der Waals surface area contributed by atoms with E-state index in [2.05, 4.69) is 47.3 Å². The van der Waals surface area contributed by atoms with E-state index in [1.54, 1.807) is 7.11 Å². The van der Waals surface area contributed by atoms with E-state index in [1.165, 1.54) is 16.8 Å². The number of aryl methyl sites for hydroxylation is 2. The van der Waals surface area contributed by atoms with Crippen molar-refractivity contribution < 1.29 is 4.74 Å².